The smallest absolute Gasteiger partial charge is 0.185 e. The summed E-state index contributed by atoms with van der Waals surface area (Å²) < 4.78 is 0. The van der Waals surface area contributed by atoms with Crippen LogP contribution >= 0.6 is 11.3 Å². The van der Waals surface area contributed by atoms with Crippen LogP contribution in [0.1, 0.15) is 48.7 Å². The minimum Gasteiger partial charge on any atom is -0.345 e. The van der Waals surface area contributed by atoms with Gasteiger partial charge in [-0.2, -0.15) is 0 Å². The molecule has 5 heteroatoms. The molecule has 4 nitrogen and oxygen atoms in total. The molecule has 2 atom stereocenters. The second-order valence-corrected chi connectivity index (χ2v) is 7.73. The van der Waals surface area contributed by atoms with Gasteiger partial charge in [0.15, 0.2) is 5.13 Å². The molecule has 2 unspecified atom stereocenters. The third kappa shape index (κ3) is 2.60. The third-order valence-electron chi connectivity index (χ3n) is 5.40. The van der Waals surface area contributed by atoms with Crippen LogP contribution in [0.25, 0.3) is 0 Å². The molecule has 2 fully saturated rings. The number of piperidine rings is 1. The van der Waals surface area contributed by atoms with Crippen molar-refractivity contribution in [1.82, 2.24) is 15.2 Å². The topological polar surface area (TPSA) is 31.4 Å². The molecule has 21 heavy (non-hydrogen) atoms. The molecule has 2 aliphatic heterocycles. The summed E-state index contributed by atoms with van der Waals surface area (Å²) in [5, 5.41) is 4.72. The van der Waals surface area contributed by atoms with Crippen molar-refractivity contribution < 1.29 is 0 Å². The Morgan fingerprint density at radius 3 is 3.00 bits per heavy atom. The van der Waals surface area contributed by atoms with Crippen LogP contribution in [-0.4, -0.2) is 49.2 Å². The Balaban J connectivity index is 1.53. The molecular weight excluding hydrogens is 280 g/mol. The molecule has 2 saturated heterocycles. The van der Waals surface area contributed by atoms with Gasteiger partial charge in [0.2, 0.25) is 0 Å². The summed E-state index contributed by atoms with van der Waals surface area (Å²) in [5.41, 5.74) is 1.34. The van der Waals surface area contributed by atoms with E-state index in [0.717, 1.165) is 12.6 Å². The van der Waals surface area contributed by atoms with E-state index in [4.69, 9.17) is 4.98 Å². The number of nitrogens with zero attached hydrogens (tertiary/aromatic N) is 3. The zero-order chi connectivity index (χ0) is 14.2. The highest BCUT2D eigenvalue weighted by Crippen LogP contribution is 2.37. The molecule has 1 aromatic heterocycles. The predicted molar refractivity (Wildman–Crippen MR) is 88.3 cm³/mol. The molecule has 0 radical (unpaired) electrons. The molecule has 0 saturated carbocycles. The summed E-state index contributed by atoms with van der Waals surface area (Å²) in [6.07, 6.45) is 7.95. The Kier molecular flexibility index (Phi) is 3.90. The molecule has 0 spiro atoms. The van der Waals surface area contributed by atoms with Crippen molar-refractivity contribution in [1.29, 1.82) is 0 Å². The van der Waals surface area contributed by atoms with E-state index >= 15 is 0 Å². The Hall–Kier alpha value is -0.650. The molecule has 3 aliphatic rings. The van der Waals surface area contributed by atoms with E-state index in [2.05, 4.69) is 22.2 Å². The lowest BCUT2D eigenvalue weighted by Crippen LogP contribution is -2.54. The van der Waals surface area contributed by atoms with Crippen LogP contribution in [-0.2, 0) is 6.42 Å². The number of hydrogen-bond acceptors (Lipinski definition) is 5. The van der Waals surface area contributed by atoms with Gasteiger partial charge in [-0.3, -0.25) is 4.90 Å². The number of thiazole rings is 1. The quantitative estimate of drug-likeness (QED) is 0.909. The van der Waals surface area contributed by atoms with Crippen molar-refractivity contribution in [3.63, 3.8) is 0 Å². The largest absolute Gasteiger partial charge is 0.345 e. The second-order valence-electron chi connectivity index (χ2n) is 6.67. The molecular formula is C16H26N4S. The van der Waals surface area contributed by atoms with Gasteiger partial charge in [-0.15, -0.1) is 11.3 Å². The monoisotopic (exact) mass is 306 g/mol. The van der Waals surface area contributed by atoms with Crippen molar-refractivity contribution in [2.45, 2.75) is 50.6 Å². The molecule has 0 aromatic carbocycles. The highest BCUT2D eigenvalue weighted by atomic mass is 32.1. The lowest BCUT2D eigenvalue weighted by Gasteiger charge is -2.44. The lowest BCUT2D eigenvalue weighted by molar-refractivity contribution is 0.133. The summed E-state index contributed by atoms with van der Waals surface area (Å²) in [7, 11) is 2.07. The zero-order valence-corrected chi connectivity index (χ0v) is 13.8. The van der Waals surface area contributed by atoms with Gasteiger partial charge in [0.25, 0.3) is 0 Å². The van der Waals surface area contributed by atoms with Crippen LogP contribution in [0.5, 0.6) is 0 Å². The van der Waals surface area contributed by atoms with Crippen molar-refractivity contribution >= 4 is 16.5 Å². The minimum atomic E-state index is 0.481. The van der Waals surface area contributed by atoms with Gasteiger partial charge in [-0.05, 0) is 45.7 Å². The average molecular weight is 306 g/mol. The van der Waals surface area contributed by atoms with Gasteiger partial charge >= 0.3 is 0 Å². The third-order valence-corrected chi connectivity index (χ3v) is 6.59. The number of piperazine rings is 1. The second kappa shape index (κ2) is 5.86. The first kappa shape index (κ1) is 14.0. The molecule has 3 heterocycles. The first-order valence-electron chi connectivity index (χ1n) is 8.51. The number of nitrogens with one attached hydrogen (secondary N) is 1. The first-order valence-corrected chi connectivity index (χ1v) is 9.32. The number of aryl methyl sites for hydroxylation is 1. The van der Waals surface area contributed by atoms with Gasteiger partial charge in [-0.25, -0.2) is 4.98 Å². The summed E-state index contributed by atoms with van der Waals surface area (Å²) in [6.45, 7) is 4.89. The minimum absolute atomic E-state index is 0.481. The highest BCUT2D eigenvalue weighted by molar-refractivity contribution is 7.15. The van der Waals surface area contributed by atoms with Gasteiger partial charge in [-0.1, -0.05) is 6.42 Å². The van der Waals surface area contributed by atoms with Crippen LogP contribution in [0.15, 0.2) is 0 Å². The van der Waals surface area contributed by atoms with Gasteiger partial charge in [0.1, 0.15) is 0 Å². The summed E-state index contributed by atoms with van der Waals surface area (Å²) in [6, 6.07) is 1.25. The van der Waals surface area contributed by atoms with Crippen LogP contribution in [0.3, 0.4) is 0 Å². The van der Waals surface area contributed by atoms with Crippen LogP contribution in [0.4, 0.5) is 5.13 Å². The molecule has 116 valence electrons. The molecule has 0 amide bonds. The number of hydrogen-bond donors (Lipinski definition) is 1. The standard InChI is InChI=1S/C16H26N4S/c1-17-13-6-4-7-14-15(13)18-16(21-14)20-10-9-19-8-3-2-5-12(19)11-20/h12-13,17H,2-11H2,1H3. The Labute approximate surface area is 131 Å². The number of fused-ring (bicyclic) bond motifs is 2. The summed E-state index contributed by atoms with van der Waals surface area (Å²) >= 11 is 1.96. The van der Waals surface area contributed by atoms with Gasteiger partial charge < -0.3 is 10.2 Å². The van der Waals surface area contributed by atoms with E-state index in [0.29, 0.717) is 6.04 Å². The van der Waals surface area contributed by atoms with Crippen LogP contribution in [0, 0.1) is 0 Å². The van der Waals surface area contributed by atoms with Crippen molar-refractivity contribution in [2.24, 2.45) is 0 Å². The number of anilines is 1. The van der Waals surface area contributed by atoms with Crippen LogP contribution in [0.2, 0.25) is 0 Å². The number of aromatic nitrogens is 1. The number of rotatable bonds is 2. The van der Waals surface area contributed by atoms with Crippen molar-refractivity contribution in [3.05, 3.63) is 10.6 Å². The maximum atomic E-state index is 5.03. The molecule has 0 bridgehead atoms. The fraction of sp³-hybridized carbons (Fsp3) is 0.812. The lowest BCUT2D eigenvalue weighted by atomic mass is 9.98. The highest BCUT2D eigenvalue weighted by Gasteiger charge is 2.31. The van der Waals surface area contributed by atoms with E-state index in [9.17, 15) is 0 Å². The van der Waals surface area contributed by atoms with E-state index < -0.39 is 0 Å². The Morgan fingerprint density at radius 1 is 1.14 bits per heavy atom. The Bertz CT molecular complexity index is 500. The van der Waals surface area contributed by atoms with Gasteiger partial charge in [0.05, 0.1) is 11.7 Å². The average Bonchev–Trinajstić information content (AvgIpc) is 2.98. The SMILES string of the molecule is CNC1CCCc2sc(N3CCN4CCCCC4C3)nc21. The van der Waals surface area contributed by atoms with E-state index in [1.54, 1.807) is 0 Å². The maximum absolute atomic E-state index is 5.03. The van der Waals surface area contributed by atoms with E-state index in [1.807, 2.05) is 11.3 Å². The maximum Gasteiger partial charge on any atom is 0.185 e. The van der Waals surface area contributed by atoms with Crippen molar-refractivity contribution in [3.8, 4) is 0 Å². The summed E-state index contributed by atoms with van der Waals surface area (Å²) in [4.78, 5) is 11.8. The van der Waals surface area contributed by atoms with E-state index in [-0.39, 0.29) is 0 Å². The predicted octanol–water partition coefficient (Wildman–Crippen LogP) is 2.41. The Morgan fingerprint density at radius 2 is 2.10 bits per heavy atom. The summed E-state index contributed by atoms with van der Waals surface area (Å²) in [5.74, 6) is 0. The van der Waals surface area contributed by atoms with E-state index in [1.165, 1.54) is 73.9 Å². The normalized spacial score (nSPS) is 30.0. The van der Waals surface area contributed by atoms with Gasteiger partial charge in [0, 0.05) is 30.6 Å². The molecule has 1 aliphatic carbocycles. The van der Waals surface area contributed by atoms with Crippen LogP contribution < -0.4 is 10.2 Å². The first-order chi connectivity index (χ1) is 10.3. The molecule has 1 aromatic rings. The zero-order valence-electron chi connectivity index (χ0n) is 13.0. The molecule has 4 rings (SSSR count). The fourth-order valence-electron chi connectivity index (χ4n) is 4.15. The fourth-order valence-corrected chi connectivity index (χ4v) is 5.35. The van der Waals surface area contributed by atoms with Crippen molar-refractivity contribution in [2.75, 3.05) is 38.1 Å². The molecule has 1 N–H and O–H groups in total.